The van der Waals surface area contributed by atoms with Gasteiger partial charge in [-0.1, -0.05) is 6.07 Å². The lowest BCUT2D eigenvalue weighted by Gasteiger charge is -2.12. The molecule has 1 amide bonds. The first kappa shape index (κ1) is 17.4. The standard InChI is InChI=1S/C17H19N3O4S/c1-24-15-7-4-13(9-16(15)25(22,23)20-14-5-6-14)17(21)19-11-12-3-2-8-18-10-12/h2-4,7-10,14,20H,5-6,11H2,1H3,(H,19,21). The van der Waals surface area contributed by atoms with E-state index in [1.54, 1.807) is 18.5 Å². The van der Waals surface area contributed by atoms with Crippen molar-refractivity contribution < 1.29 is 17.9 Å². The molecule has 0 unspecified atom stereocenters. The van der Waals surface area contributed by atoms with E-state index in [0.717, 1.165) is 18.4 Å². The molecular weight excluding hydrogens is 342 g/mol. The molecule has 1 aromatic heterocycles. The van der Waals surface area contributed by atoms with Crippen molar-refractivity contribution in [1.82, 2.24) is 15.0 Å². The first-order chi connectivity index (χ1) is 12.0. The summed E-state index contributed by atoms with van der Waals surface area (Å²) in [7, 11) is -2.33. The molecule has 2 N–H and O–H groups in total. The summed E-state index contributed by atoms with van der Waals surface area (Å²) in [4.78, 5) is 16.3. The second-order valence-corrected chi connectivity index (χ2v) is 7.49. The zero-order valence-corrected chi connectivity index (χ0v) is 14.5. The summed E-state index contributed by atoms with van der Waals surface area (Å²) in [5.74, 6) is -0.161. The zero-order valence-electron chi connectivity index (χ0n) is 13.7. The van der Waals surface area contributed by atoms with Gasteiger partial charge in [0.1, 0.15) is 10.6 Å². The van der Waals surface area contributed by atoms with E-state index in [9.17, 15) is 13.2 Å². The molecular formula is C17H19N3O4S. The van der Waals surface area contributed by atoms with Crippen LogP contribution in [0.2, 0.25) is 0 Å². The first-order valence-electron chi connectivity index (χ1n) is 7.87. The summed E-state index contributed by atoms with van der Waals surface area (Å²) in [5, 5.41) is 2.75. The van der Waals surface area contributed by atoms with Gasteiger partial charge >= 0.3 is 0 Å². The Bertz CT molecular complexity index is 865. The average molecular weight is 361 g/mol. The van der Waals surface area contributed by atoms with Crippen LogP contribution in [-0.4, -0.2) is 32.5 Å². The number of nitrogens with one attached hydrogen (secondary N) is 2. The first-order valence-corrected chi connectivity index (χ1v) is 9.35. The molecule has 25 heavy (non-hydrogen) atoms. The van der Waals surface area contributed by atoms with E-state index < -0.39 is 10.0 Å². The Morgan fingerprint density at radius 2 is 2.12 bits per heavy atom. The maximum absolute atomic E-state index is 12.5. The number of carbonyl (C=O) groups excluding carboxylic acids is 1. The maximum Gasteiger partial charge on any atom is 0.251 e. The molecule has 8 heteroatoms. The molecule has 0 spiro atoms. The van der Waals surface area contributed by atoms with Crippen LogP contribution in [0.25, 0.3) is 0 Å². The lowest BCUT2D eigenvalue weighted by Crippen LogP contribution is -2.27. The number of hydrogen-bond donors (Lipinski definition) is 2. The number of nitrogens with zero attached hydrogens (tertiary/aromatic N) is 1. The van der Waals surface area contributed by atoms with Crippen molar-refractivity contribution >= 4 is 15.9 Å². The van der Waals surface area contributed by atoms with Crippen LogP contribution < -0.4 is 14.8 Å². The van der Waals surface area contributed by atoms with Gasteiger partial charge in [-0.05, 0) is 42.7 Å². The molecule has 0 atom stereocenters. The van der Waals surface area contributed by atoms with E-state index in [4.69, 9.17) is 4.74 Å². The number of methoxy groups -OCH3 is 1. The van der Waals surface area contributed by atoms with Crippen molar-refractivity contribution in [1.29, 1.82) is 0 Å². The molecule has 0 saturated heterocycles. The quantitative estimate of drug-likeness (QED) is 0.778. The number of sulfonamides is 1. The molecule has 0 aliphatic heterocycles. The topological polar surface area (TPSA) is 97.4 Å². The van der Waals surface area contributed by atoms with Crippen molar-refractivity contribution in [3.63, 3.8) is 0 Å². The van der Waals surface area contributed by atoms with E-state index in [-0.39, 0.29) is 28.2 Å². The van der Waals surface area contributed by atoms with Gasteiger partial charge in [-0.15, -0.1) is 0 Å². The van der Waals surface area contributed by atoms with Crippen LogP contribution in [0, 0.1) is 0 Å². The molecule has 7 nitrogen and oxygen atoms in total. The summed E-state index contributed by atoms with van der Waals surface area (Å²) >= 11 is 0. The van der Waals surface area contributed by atoms with Gasteiger partial charge < -0.3 is 10.1 Å². The predicted octanol–water partition coefficient (Wildman–Crippen LogP) is 1.46. The zero-order chi connectivity index (χ0) is 17.9. The molecule has 132 valence electrons. The lowest BCUT2D eigenvalue weighted by molar-refractivity contribution is 0.0950. The van der Waals surface area contributed by atoms with Gasteiger partial charge in [-0.25, -0.2) is 13.1 Å². The third-order valence-electron chi connectivity index (χ3n) is 3.79. The van der Waals surface area contributed by atoms with E-state index in [1.165, 1.54) is 25.3 Å². The second kappa shape index (κ2) is 7.20. The molecule has 2 aromatic rings. The summed E-state index contributed by atoms with van der Waals surface area (Å²) in [6.07, 6.45) is 4.96. The highest BCUT2D eigenvalue weighted by Gasteiger charge is 2.30. The van der Waals surface area contributed by atoms with Crippen LogP contribution in [0.15, 0.2) is 47.6 Å². The SMILES string of the molecule is COc1ccc(C(=O)NCc2cccnc2)cc1S(=O)(=O)NC1CC1. The highest BCUT2D eigenvalue weighted by Crippen LogP contribution is 2.28. The molecule has 3 rings (SSSR count). The Morgan fingerprint density at radius 3 is 2.76 bits per heavy atom. The molecule has 1 aliphatic rings. The van der Waals surface area contributed by atoms with Crippen LogP contribution in [0.1, 0.15) is 28.8 Å². The van der Waals surface area contributed by atoms with Crippen LogP contribution in [0.4, 0.5) is 0 Å². The summed E-state index contributed by atoms with van der Waals surface area (Å²) < 4.78 is 32.7. The number of benzene rings is 1. The number of amides is 1. The van der Waals surface area contributed by atoms with E-state index >= 15 is 0 Å². The number of hydrogen-bond acceptors (Lipinski definition) is 5. The Kier molecular flexibility index (Phi) is 5.00. The average Bonchev–Trinajstić information content (AvgIpc) is 3.43. The van der Waals surface area contributed by atoms with Crippen molar-refractivity contribution in [2.75, 3.05) is 7.11 Å². The molecule has 1 heterocycles. The Labute approximate surface area is 146 Å². The molecule has 0 radical (unpaired) electrons. The Morgan fingerprint density at radius 1 is 1.32 bits per heavy atom. The molecule has 1 saturated carbocycles. The summed E-state index contributed by atoms with van der Waals surface area (Å²) in [5.41, 5.74) is 1.11. The van der Waals surface area contributed by atoms with Gasteiger partial charge in [0.25, 0.3) is 5.91 Å². The monoisotopic (exact) mass is 361 g/mol. The molecule has 1 fully saturated rings. The lowest BCUT2D eigenvalue weighted by atomic mass is 10.2. The normalized spacial score (nSPS) is 14.1. The Hall–Kier alpha value is -2.45. The van der Waals surface area contributed by atoms with Gasteiger partial charge in [-0.2, -0.15) is 0 Å². The number of carbonyl (C=O) groups is 1. The van der Waals surface area contributed by atoms with Crippen LogP contribution >= 0.6 is 0 Å². The van der Waals surface area contributed by atoms with Crippen molar-refractivity contribution in [2.45, 2.75) is 30.3 Å². The third kappa shape index (κ3) is 4.34. The minimum atomic E-state index is -3.73. The van der Waals surface area contributed by atoms with E-state index in [2.05, 4.69) is 15.0 Å². The predicted molar refractivity (Wildman–Crippen MR) is 91.7 cm³/mol. The fourth-order valence-electron chi connectivity index (χ4n) is 2.30. The maximum atomic E-state index is 12.5. The van der Waals surface area contributed by atoms with Crippen molar-refractivity contribution in [3.05, 3.63) is 53.9 Å². The minimum Gasteiger partial charge on any atom is -0.495 e. The Balaban J connectivity index is 1.79. The summed E-state index contributed by atoms with van der Waals surface area (Å²) in [6, 6.07) is 7.95. The van der Waals surface area contributed by atoms with Gasteiger partial charge in [0.2, 0.25) is 10.0 Å². The van der Waals surface area contributed by atoms with Gasteiger partial charge in [0.05, 0.1) is 7.11 Å². The fraction of sp³-hybridized carbons (Fsp3) is 0.294. The van der Waals surface area contributed by atoms with Gasteiger partial charge in [0, 0.05) is 30.5 Å². The van der Waals surface area contributed by atoms with Crippen LogP contribution in [0.3, 0.4) is 0 Å². The van der Waals surface area contributed by atoms with Crippen LogP contribution in [-0.2, 0) is 16.6 Å². The molecule has 1 aromatic carbocycles. The van der Waals surface area contributed by atoms with Gasteiger partial charge in [-0.3, -0.25) is 9.78 Å². The number of aromatic nitrogens is 1. The summed E-state index contributed by atoms with van der Waals surface area (Å²) in [6.45, 7) is 0.307. The largest absolute Gasteiger partial charge is 0.495 e. The van der Waals surface area contributed by atoms with E-state index in [0.29, 0.717) is 6.54 Å². The van der Waals surface area contributed by atoms with Crippen molar-refractivity contribution in [2.24, 2.45) is 0 Å². The fourth-order valence-corrected chi connectivity index (χ4v) is 3.80. The number of pyridine rings is 1. The van der Waals surface area contributed by atoms with E-state index in [1.807, 2.05) is 6.07 Å². The minimum absolute atomic E-state index is 0.0298. The smallest absolute Gasteiger partial charge is 0.251 e. The van der Waals surface area contributed by atoms with Gasteiger partial charge in [0.15, 0.2) is 0 Å². The highest BCUT2D eigenvalue weighted by atomic mass is 32.2. The third-order valence-corrected chi connectivity index (χ3v) is 5.33. The second-order valence-electron chi connectivity index (χ2n) is 5.81. The highest BCUT2D eigenvalue weighted by molar-refractivity contribution is 7.89. The molecule has 1 aliphatic carbocycles. The van der Waals surface area contributed by atoms with Crippen molar-refractivity contribution in [3.8, 4) is 5.75 Å². The number of ether oxygens (including phenoxy) is 1. The van der Waals surface area contributed by atoms with Crippen LogP contribution in [0.5, 0.6) is 5.75 Å². The molecule has 0 bridgehead atoms. The number of rotatable bonds is 7.